The highest BCUT2D eigenvalue weighted by Crippen LogP contribution is 2.41. The molecule has 2 aromatic rings. The molecule has 1 aliphatic carbocycles. The number of amides is 1. The van der Waals surface area contributed by atoms with Crippen LogP contribution in [-0.2, 0) is 11.3 Å². The normalized spacial score (nSPS) is 19.4. The van der Waals surface area contributed by atoms with Crippen LogP contribution in [0, 0.1) is 11.3 Å². The smallest absolute Gasteiger partial charge is 0.303 e. The first-order valence-corrected chi connectivity index (χ1v) is 11.5. The second-order valence-electron chi connectivity index (χ2n) is 9.41. The summed E-state index contributed by atoms with van der Waals surface area (Å²) in [4.78, 5) is 13.0. The van der Waals surface area contributed by atoms with Gasteiger partial charge in [-0.1, -0.05) is 92.2 Å². The van der Waals surface area contributed by atoms with Gasteiger partial charge in [0.25, 0.3) is 0 Å². The van der Waals surface area contributed by atoms with Gasteiger partial charge in [0.1, 0.15) is 6.54 Å². The number of carbonyl (C=O) groups excluding carboxylic acids is 1. The van der Waals surface area contributed by atoms with Gasteiger partial charge in [-0.05, 0) is 37.7 Å². The number of hydrogen-bond donors (Lipinski definition) is 2. The Morgan fingerprint density at radius 3 is 2.47 bits per heavy atom. The number of nitrogens with one attached hydrogen (secondary N) is 1. The van der Waals surface area contributed by atoms with Gasteiger partial charge in [0.2, 0.25) is 0 Å². The van der Waals surface area contributed by atoms with E-state index in [1.165, 1.54) is 17.6 Å². The number of carbonyl (C=O) groups is 1. The van der Waals surface area contributed by atoms with E-state index in [2.05, 4.69) is 60.9 Å². The topological polar surface area (TPSA) is 58.1 Å². The van der Waals surface area contributed by atoms with Gasteiger partial charge in [-0.25, -0.2) is 5.43 Å². The molecule has 3 N–H and O–H groups in total. The van der Waals surface area contributed by atoms with Crippen molar-refractivity contribution in [2.45, 2.75) is 53.1 Å². The highest BCUT2D eigenvalue weighted by Gasteiger charge is 2.31. The molecule has 168 valence electrons. The lowest BCUT2D eigenvalue weighted by Crippen LogP contribution is -2.86. The summed E-state index contributed by atoms with van der Waals surface area (Å²) in [5.74, 6) is 0.278. The zero-order valence-electron chi connectivity index (χ0n) is 19.7. The molecular formula is C28H36N3O+. The standard InChI is InChI=1S/C28H35N3O/c1-21(18-25-22(2)12-11-17-28(25,3)4)19-30-31-27(32)26(24-15-9-6-10-16-24)29-20-23-13-7-5-8-14-23/h5-10,12-16,18-19,25-26,29H,11,17,20H2,1-4H3,(H,31,32)/p+1/b21-18+,30-19-/t25-,26+/m1/s1. The fourth-order valence-electron chi connectivity index (χ4n) is 4.42. The Balaban J connectivity index is 1.67. The molecule has 0 radical (unpaired) electrons. The van der Waals surface area contributed by atoms with Crippen molar-refractivity contribution in [2.24, 2.45) is 16.4 Å². The Hall–Kier alpha value is -2.98. The van der Waals surface area contributed by atoms with E-state index in [-0.39, 0.29) is 17.4 Å². The molecule has 0 spiro atoms. The quantitative estimate of drug-likeness (QED) is 0.348. The second-order valence-corrected chi connectivity index (χ2v) is 9.41. The number of allylic oxidation sites excluding steroid dienone is 4. The van der Waals surface area contributed by atoms with Crippen molar-refractivity contribution in [1.29, 1.82) is 0 Å². The average Bonchev–Trinajstić information content (AvgIpc) is 2.78. The van der Waals surface area contributed by atoms with E-state index in [1.54, 1.807) is 6.21 Å². The van der Waals surface area contributed by atoms with Gasteiger partial charge in [-0.3, -0.25) is 4.79 Å². The van der Waals surface area contributed by atoms with Crippen LogP contribution in [0.1, 0.15) is 57.7 Å². The average molecular weight is 431 g/mol. The third-order valence-corrected chi connectivity index (χ3v) is 6.33. The Kier molecular flexibility index (Phi) is 8.18. The molecule has 0 aliphatic heterocycles. The number of quaternary nitrogens is 1. The number of nitrogens with zero attached hydrogens (tertiary/aromatic N) is 1. The molecule has 3 rings (SSSR count). The monoisotopic (exact) mass is 430 g/mol. The highest BCUT2D eigenvalue weighted by atomic mass is 16.2. The van der Waals surface area contributed by atoms with Crippen molar-refractivity contribution in [1.82, 2.24) is 5.43 Å². The van der Waals surface area contributed by atoms with Crippen molar-refractivity contribution in [3.8, 4) is 0 Å². The van der Waals surface area contributed by atoms with E-state index in [9.17, 15) is 4.79 Å². The van der Waals surface area contributed by atoms with Crippen LogP contribution < -0.4 is 10.7 Å². The Morgan fingerprint density at radius 2 is 1.81 bits per heavy atom. The third kappa shape index (κ3) is 6.51. The van der Waals surface area contributed by atoms with Crippen LogP contribution in [-0.4, -0.2) is 12.1 Å². The predicted octanol–water partition coefficient (Wildman–Crippen LogP) is 4.92. The minimum absolute atomic E-state index is 0.120. The first kappa shape index (κ1) is 23.7. The van der Waals surface area contributed by atoms with Crippen LogP contribution >= 0.6 is 0 Å². The van der Waals surface area contributed by atoms with Crippen LogP contribution in [0.3, 0.4) is 0 Å². The highest BCUT2D eigenvalue weighted by molar-refractivity contribution is 5.84. The summed E-state index contributed by atoms with van der Waals surface area (Å²) in [6.07, 6.45) is 8.70. The van der Waals surface area contributed by atoms with Crippen molar-refractivity contribution in [3.63, 3.8) is 0 Å². The lowest BCUT2D eigenvalue weighted by molar-refractivity contribution is -0.698. The van der Waals surface area contributed by atoms with Gasteiger partial charge in [-0.15, -0.1) is 0 Å². The molecule has 1 aliphatic rings. The number of hydrazone groups is 1. The van der Waals surface area contributed by atoms with Gasteiger partial charge in [-0.2, -0.15) is 5.10 Å². The van der Waals surface area contributed by atoms with Crippen molar-refractivity contribution < 1.29 is 10.1 Å². The minimum Gasteiger partial charge on any atom is -0.328 e. The van der Waals surface area contributed by atoms with Crippen molar-refractivity contribution >= 4 is 12.1 Å². The molecule has 4 nitrogen and oxygen atoms in total. The zero-order chi connectivity index (χ0) is 23.0. The summed E-state index contributed by atoms with van der Waals surface area (Å²) < 4.78 is 0. The van der Waals surface area contributed by atoms with E-state index in [0.29, 0.717) is 5.92 Å². The molecule has 0 bridgehead atoms. The van der Waals surface area contributed by atoms with E-state index in [0.717, 1.165) is 24.1 Å². The number of benzene rings is 2. The number of nitrogens with two attached hydrogens (primary N) is 1. The molecule has 1 amide bonds. The predicted molar refractivity (Wildman–Crippen MR) is 132 cm³/mol. The largest absolute Gasteiger partial charge is 0.328 e. The maximum absolute atomic E-state index is 13.0. The molecule has 0 saturated heterocycles. The van der Waals surface area contributed by atoms with Gasteiger partial charge in [0.15, 0.2) is 6.04 Å². The van der Waals surface area contributed by atoms with Gasteiger partial charge in [0, 0.05) is 23.3 Å². The summed E-state index contributed by atoms with van der Waals surface area (Å²) >= 11 is 0. The van der Waals surface area contributed by atoms with Crippen LogP contribution in [0.25, 0.3) is 0 Å². The fourth-order valence-corrected chi connectivity index (χ4v) is 4.42. The molecule has 2 aromatic carbocycles. The SMILES string of the molecule is CC1=CCCC(C)(C)[C@@H]1/C=C(C)/C=N\NC(=O)[C@@H]([NH2+]Cc1ccccc1)c1ccccc1. The van der Waals surface area contributed by atoms with Gasteiger partial charge >= 0.3 is 5.91 Å². The Labute approximate surface area is 192 Å². The lowest BCUT2D eigenvalue weighted by Gasteiger charge is -2.37. The van der Waals surface area contributed by atoms with E-state index in [1.807, 2.05) is 55.5 Å². The maximum Gasteiger partial charge on any atom is 0.303 e. The van der Waals surface area contributed by atoms with Crippen LogP contribution in [0.15, 0.2) is 89.1 Å². The molecule has 0 heterocycles. The summed E-state index contributed by atoms with van der Waals surface area (Å²) in [5.41, 5.74) is 7.62. The molecule has 4 heteroatoms. The molecule has 2 atom stereocenters. The Bertz CT molecular complexity index is 974. The van der Waals surface area contributed by atoms with Crippen molar-refractivity contribution in [2.75, 3.05) is 0 Å². The Morgan fingerprint density at radius 1 is 1.16 bits per heavy atom. The van der Waals surface area contributed by atoms with Crippen LogP contribution in [0.4, 0.5) is 0 Å². The first-order chi connectivity index (χ1) is 15.4. The van der Waals surface area contributed by atoms with Crippen LogP contribution in [0.5, 0.6) is 0 Å². The van der Waals surface area contributed by atoms with Crippen molar-refractivity contribution in [3.05, 3.63) is 95.1 Å². The molecular weight excluding hydrogens is 394 g/mol. The second kappa shape index (κ2) is 11.1. The molecule has 0 saturated carbocycles. The fraction of sp³-hybridized carbons (Fsp3) is 0.357. The molecule has 0 fully saturated rings. The van der Waals surface area contributed by atoms with E-state index in [4.69, 9.17) is 0 Å². The summed E-state index contributed by atoms with van der Waals surface area (Å²) in [5, 5.41) is 6.33. The number of hydrogen-bond acceptors (Lipinski definition) is 2. The molecule has 0 aromatic heterocycles. The minimum atomic E-state index is -0.361. The number of rotatable bonds is 8. The summed E-state index contributed by atoms with van der Waals surface area (Å²) in [6.45, 7) is 9.62. The van der Waals surface area contributed by atoms with E-state index < -0.39 is 0 Å². The van der Waals surface area contributed by atoms with E-state index >= 15 is 0 Å². The summed E-state index contributed by atoms with van der Waals surface area (Å²) in [7, 11) is 0. The summed E-state index contributed by atoms with van der Waals surface area (Å²) in [6, 6.07) is 19.7. The molecule has 0 unspecified atom stereocenters. The van der Waals surface area contributed by atoms with Gasteiger partial charge < -0.3 is 5.32 Å². The molecule has 32 heavy (non-hydrogen) atoms. The maximum atomic E-state index is 13.0. The van der Waals surface area contributed by atoms with Crippen LogP contribution in [0.2, 0.25) is 0 Å². The lowest BCUT2D eigenvalue weighted by atomic mass is 9.68. The first-order valence-electron chi connectivity index (χ1n) is 11.5. The third-order valence-electron chi connectivity index (χ3n) is 6.33. The zero-order valence-corrected chi connectivity index (χ0v) is 19.7. The van der Waals surface area contributed by atoms with Gasteiger partial charge in [0.05, 0.1) is 0 Å².